The molecule has 1 atom stereocenters. The van der Waals surface area contributed by atoms with Gasteiger partial charge in [-0.05, 0) is 117 Å². The lowest BCUT2D eigenvalue weighted by Gasteiger charge is -2.21. The summed E-state index contributed by atoms with van der Waals surface area (Å²) in [5, 5.41) is 7.69. The molecule has 8 aromatic carbocycles. The standard InChI is InChI=1S/C57H38N2/c1-2-11-36(12-3-1)40-21-22-41(31-40)37-23-27-44(28-24-37)58-53-19-8-7-16-46(53)51-34-42(25-29-55(51)58)43-26-30-56-52(35-43)48-18-10-17-47-50-33-39-14-5-4-13-38(39)32-49(50)45-15-6-9-20-54(45)59(56)57(47)48/h1-27,29-30,32-35,44H,28,31H2. The molecule has 2 aliphatic carbocycles. The molecule has 59 heavy (non-hydrogen) atoms. The Bertz CT molecular complexity index is 3540. The van der Waals surface area contributed by atoms with E-state index >= 15 is 0 Å². The SMILES string of the molecule is C1=CC(n2c3ccccc3c3cc(-c4ccc5c(c4)c4cccc6c4n5-c4ccccc4-c4cc5ccccc5cc4-6)ccc32)CC=C1C1=CC=C(c2ccccc2)C1. The maximum Gasteiger partial charge on any atom is 0.0619 e. The summed E-state index contributed by atoms with van der Waals surface area (Å²) < 4.78 is 5.07. The van der Waals surface area contributed by atoms with Gasteiger partial charge in [-0.25, -0.2) is 0 Å². The minimum absolute atomic E-state index is 0.247. The normalized spacial score (nSPS) is 15.7. The first kappa shape index (κ1) is 32.6. The Morgan fingerprint density at radius 1 is 0.441 bits per heavy atom. The van der Waals surface area contributed by atoms with Gasteiger partial charge in [0.05, 0.1) is 22.8 Å². The van der Waals surface area contributed by atoms with Gasteiger partial charge in [0.25, 0.3) is 0 Å². The fourth-order valence-corrected chi connectivity index (χ4v) is 10.5. The van der Waals surface area contributed by atoms with Crippen molar-refractivity contribution in [2.24, 2.45) is 0 Å². The first-order chi connectivity index (χ1) is 29.2. The highest BCUT2D eigenvalue weighted by atomic mass is 15.0. The minimum Gasteiger partial charge on any atom is -0.333 e. The minimum atomic E-state index is 0.247. The second kappa shape index (κ2) is 12.5. The zero-order valence-electron chi connectivity index (χ0n) is 32.4. The number of para-hydroxylation sites is 3. The summed E-state index contributed by atoms with van der Waals surface area (Å²) in [7, 11) is 0. The first-order valence-corrected chi connectivity index (χ1v) is 20.8. The van der Waals surface area contributed by atoms with Gasteiger partial charge in [-0.1, -0.05) is 152 Å². The number of aromatic nitrogens is 2. The Balaban J connectivity index is 0.904. The van der Waals surface area contributed by atoms with Crippen LogP contribution in [0.5, 0.6) is 0 Å². The van der Waals surface area contributed by atoms with Gasteiger partial charge in [-0.15, -0.1) is 0 Å². The Hall–Kier alpha value is -7.42. The molecule has 0 bridgehead atoms. The smallest absolute Gasteiger partial charge is 0.0619 e. The number of rotatable bonds is 4. The van der Waals surface area contributed by atoms with Crippen LogP contribution >= 0.6 is 0 Å². The predicted molar refractivity (Wildman–Crippen MR) is 249 cm³/mol. The van der Waals surface area contributed by atoms with E-state index in [0.717, 1.165) is 12.8 Å². The van der Waals surface area contributed by atoms with Crippen LogP contribution in [0.4, 0.5) is 0 Å². The highest BCUT2D eigenvalue weighted by Crippen LogP contribution is 2.48. The summed E-state index contributed by atoms with van der Waals surface area (Å²) >= 11 is 0. The molecule has 276 valence electrons. The fraction of sp³-hybridized carbons (Fsp3) is 0.0526. The molecule has 0 amide bonds. The van der Waals surface area contributed by atoms with E-state index in [-0.39, 0.29) is 6.04 Å². The van der Waals surface area contributed by atoms with Crippen molar-refractivity contribution in [1.29, 1.82) is 0 Å². The molecule has 0 N–H and O–H groups in total. The number of allylic oxidation sites excluding steroid dienone is 8. The predicted octanol–water partition coefficient (Wildman–Crippen LogP) is 15.2. The van der Waals surface area contributed by atoms with Gasteiger partial charge in [-0.3, -0.25) is 0 Å². The van der Waals surface area contributed by atoms with Crippen molar-refractivity contribution >= 4 is 60.0 Å². The van der Waals surface area contributed by atoms with Crippen LogP contribution in [0, 0.1) is 0 Å². The van der Waals surface area contributed by atoms with E-state index in [0.29, 0.717) is 0 Å². The van der Waals surface area contributed by atoms with Gasteiger partial charge in [0.15, 0.2) is 0 Å². The van der Waals surface area contributed by atoms with Crippen molar-refractivity contribution in [2.45, 2.75) is 18.9 Å². The Morgan fingerprint density at radius 3 is 1.90 bits per heavy atom. The number of hydrogen-bond donors (Lipinski definition) is 0. The quantitative estimate of drug-likeness (QED) is 0.170. The van der Waals surface area contributed by atoms with Gasteiger partial charge in [0, 0.05) is 43.7 Å². The van der Waals surface area contributed by atoms with Crippen molar-refractivity contribution < 1.29 is 0 Å². The van der Waals surface area contributed by atoms with Crippen molar-refractivity contribution in [2.75, 3.05) is 0 Å². The van der Waals surface area contributed by atoms with Gasteiger partial charge in [-0.2, -0.15) is 0 Å². The van der Waals surface area contributed by atoms with E-state index in [9.17, 15) is 0 Å². The Labute approximate surface area is 342 Å². The largest absolute Gasteiger partial charge is 0.333 e. The lowest BCUT2D eigenvalue weighted by atomic mass is 9.91. The van der Waals surface area contributed by atoms with E-state index < -0.39 is 0 Å². The molecule has 13 rings (SSSR count). The summed E-state index contributed by atoms with van der Waals surface area (Å²) in [6.07, 6.45) is 13.8. The van der Waals surface area contributed by atoms with E-state index in [1.54, 1.807) is 0 Å². The molecule has 2 aromatic heterocycles. The van der Waals surface area contributed by atoms with Crippen LogP contribution in [0.1, 0.15) is 24.4 Å². The molecule has 10 aromatic rings. The van der Waals surface area contributed by atoms with Crippen molar-refractivity contribution in [3.05, 3.63) is 217 Å². The van der Waals surface area contributed by atoms with Crippen LogP contribution in [0.3, 0.4) is 0 Å². The van der Waals surface area contributed by atoms with Crippen LogP contribution < -0.4 is 0 Å². The molecule has 1 unspecified atom stereocenters. The lowest BCUT2D eigenvalue weighted by Crippen LogP contribution is -2.08. The molecule has 3 heterocycles. The average Bonchev–Trinajstić information content (AvgIpc) is 4.00. The lowest BCUT2D eigenvalue weighted by molar-refractivity contribution is 0.645. The maximum absolute atomic E-state index is 2.56. The van der Waals surface area contributed by atoms with E-state index in [1.165, 1.54) is 116 Å². The maximum atomic E-state index is 2.56. The summed E-state index contributed by atoms with van der Waals surface area (Å²) in [6, 6.07) is 63.5. The van der Waals surface area contributed by atoms with E-state index in [2.05, 4.69) is 209 Å². The van der Waals surface area contributed by atoms with Crippen LogP contribution in [-0.4, -0.2) is 9.13 Å². The second-order valence-corrected chi connectivity index (χ2v) is 16.4. The van der Waals surface area contributed by atoms with Crippen molar-refractivity contribution in [3.63, 3.8) is 0 Å². The van der Waals surface area contributed by atoms with E-state index in [1.807, 2.05) is 0 Å². The van der Waals surface area contributed by atoms with Crippen molar-refractivity contribution in [1.82, 2.24) is 9.13 Å². The van der Waals surface area contributed by atoms with Gasteiger partial charge in [0.2, 0.25) is 0 Å². The summed E-state index contributed by atoms with van der Waals surface area (Å²) in [4.78, 5) is 0. The second-order valence-electron chi connectivity index (χ2n) is 16.4. The third kappa shape index (κ3) is 4.87. The molecule has 3 aliphatic rings. The summed E-state index contributed by atoms with van der Waals surface area (Å²) in [5.74, 6) is 0. The molecule has 1 aliphatic heterocycles. The monoisotopic (exact) mass is 750 g/mol. The molecule has 2 nitrogen and oxygen atoms in total. The van der Waals surface area contributed by atoms with Crippen molar-refractivity contribution in [3.8, 4) is 39.1 Å². The van der Waals surface area contributed by atoms with Gasteiger partial charge in [0.1, 0.15) is 0 Å². The number of hydrogen-bond acceptors (Lipinski definition) is 0. The summed E-state index contributed by atoms with van der Waals surface area (Å²) in [5.41, 5.74) is 19.3. The van der Waals surface area contributed by atoms with Crippen LogP contribution in [0.25, 0.3) is 99.0 Å². The molecule has 0 radical (unpaired) electrons. The van der Waals surface area contributed by atoms with Gasteiger partial charge >= 0.3 is 0 Å². The third-order valence-corrected chi connectivity index (χ3v) is 13.2. The molecule has 0 fully saturated rings. The molecule has 0 spiro atoms. The van der Waals surface area contributed by atoms with Gasteiger partial charge < -0.3 is 9.13 Å². The average molecular weight is 751 g/mol. The topological polar surface area (TPSA) is 9.86 Å². The Morgan fingerprint density at radius 2 is 1.08 bits per heavy atom. The first-order valence-electron chi connectivity index (χ1n) is 20.8. The molecular weight excluding hydrogens is 713 g/mol. The van der Waals surface area contributed by atoms with Crippen LogP contribution in [0.15, 0.2) is 211 Å². The number of benzene rings is 8. The van der Waals surface area contributed by atoms with E-state index in [4.69, 9.17) is 0 Å². The zero-order chi connectivity index (χ0) is 38.6. The molecular formula is C57H38N2. The van der Waals surface area contributed by atoms with Crippen LogP contribution in [-0.2, 0) is 0 Å². The highest BCUT2D eigenvalue weighted by molar-refractivity contribution is 6.18. The Kier molecular flexibility index (Phi) is 6.94. The fourth-order valence-electron chi connectivity index (χ4n) is 10.5. The number of fused-ring (bicyclic) bond motifs is 12. The molecule has 0 saturated heterocycles. The zero-order valence-corrected chi connectivity index (χ0v) is 32.4. The molecule has 2 heteroatoms. The third-order valence-electron chi connectivity index (χ3n) is 13.2. The highest BCUT2D eigenvalue weighted by Gasteiger charge is 2.26. The summed E-state index contributed by atoms with van der Waals surface area (Å²) in [6.45, 7) is 0. The van der Waals surface area contributed by atoms with Crippen LogP contribution in [0.2, 0.25) is 0 Å². The number of nitrogens with zero attached hydrogens (tertiary/aromatic N) is 2. The molecule has 0 saturated carbocycles.